The molecule has 20 heavy (non-hydrogen) atoms. The van der Waals surface area contributed by atoms with Crippen LogP contribution in [0.4, 0.5) is 4.39 Å². The van der Waals surface area contributed by atoms with Crippen LogP contribution in [0.5, 0.6) is 0 Å². The van der Waals surface area contributed by atoms with Crippen molar-refractivity contribution in [2.75, 3.05) is 11.5 Å². The van der Waals surface area contributed by atoms with Crippen LogP contribution in [0, 0.1) is 5.82 Å². The van der Waals surface area contributed by atoms with E-state index in [4.69, 9.17) is 5.84 Å². The van der Waals surface area contributed by atoms with E-state index in [1.54, 1.807) is 0 Å². The van der Waals surface area contributed by atoms with E-state index >= 15 is 0 Å². The van der Waals surface area contributed by atoms with E-state index in [2.05, 4.69) is 28.3 Å². The van der Waals surface area contributed by atoms with E-state index in [9.17, 15) is 4.39 Å². The van der Waals surface area contributed by atoms with Crippen molar-refractivity contribution < 1.29 is 4.39 Å². The maximum absolute atomic E-state index is 13.3. The molecular formula is C14H20BrFN2S2. The number of benzene rings is 1. The number of nitrogens with one attached hydrogen (secondary N) is 1. The molecule has 0 bridgehead atoms. The van der Waals surface area contributed by atoms with Crippen LogP contribution in [-0.2, 0) is 6.42 Å². The van der Waals surface area contributed by atoms with Gasteiger partial charge in [0.05, 0.1) is 4.47 Å². The molecule has 2 rings (SSSR count). The van der Waals surface area contributed by atoms with Gasteiger partial charge in [0, 0.05) is 28.0 Å². The molecule has 0 spiro atoms. The minimum absolute atomic E-state index is 0.218. The zero-order chi connectivity index (χ0) is 14.5. The highest BCUT2D eigenvalue weighted by atomic mass is 79.9. The minimum atomic E-state index is -0.222. The van der Waals surface area contributed by atoms with Gasteiger partial charge in [0.2, 0.25) is 0 Å². The molecule has 3 unspecified atom stereocenters. The fraction of sp³-hybridized carbons (Fsp3) is 0.571. The largest absolute Gasteiger partial charge is 0.271 e. The number of hydrogen-bond donors (Lipinski definition) is 2. The average Bonchev–Trinajstić information content (AvgIpc) is 2.48. The average molecular weight is 379 g/mol. The van der Waals surface area contributed by atoms with Gasteiger partial charge < -0.3 is 0 Å². The Balaban J connectivity index is 2.09. The number of hydrazine groups is 1. The normalized spacial score (nSPS) is 24.6. The van der Waals surface area contributed by atoms with Gasteiger partial charge in [0.1, 0.15) is 5.82 Å². The molecule has 0 saturated carbocycles. The molecule has 0 aromatic heterocycles. The third-order valence-electron chi connectivity index (χ3n) is 3.54. The van der Waals surface area contributed by atoms with Gasteiger partial charge in [0.15, 0.2) is 0 Å². The summed E-state index contributed by atoms with van der Waals surface area (Å²) < 4.78 is 13.8. The lowest BCUT2D eigenvalue weighted by Gasteiger charge is -2.35. The zero-order valence-electron chi connectivity index (χ0n) is 11.4. The predicted molar refractivity (Wildman–Crippen MR) is 91.7 cm³/mol. The molecule has 6 heteroatoms. The van der Waals surface area contributed by atoms with Crippen molar-refractivity contribution in [2.24, 2.45) is 5.84 Å². The summed E-state index contributed by atoms with van der Waals surface area (Å²) >= 11 is 7.30. The number of rotatable bonds is 5. The predicted octanol–water partition coefficient (Wildman–Crippen LogP) is 3.59. The molecule has 1 fully saturated rings. The summed E-state index contributed by atoms with van der Waals surface area (Å²) in [5.74, 6) is 7.95. The third-order valence-corrected chi connectivity index (χ3v) is 7.56. The van der Waals surface area contributed by atoms with E-state index in [0.717, 1.165) is 18.4 Å². The van der Waals surface area contributed by atoms with Crippen molar-refractivity contribution in [3.8, 4) is 0 Å². The molecule has 0 radical (unpaired) electrons. The van der Waals surface area contributed by atoms with E-state index in [-0.39, 0.29) is 11.9 Å². The maximum atomic E-state index is 13.3. The Bertz CT molecular complexity index is 447. The lowest BCUT2D eigenvalue weighted by molar-refractivity contribution is 0.490. The highest BCUT2D eigenvalue weighted by Crippen LogP contribution is 2.36. The van der Waals surface area contributed by atoms with Crippen molar-refractivity contribution in [3.05, 3.63) is 34.1 Å². The fourth-order valence-electron chi connectivity index (χ4n) is 2.50. The Kier molecular flexibility index (Phi) is 6.68. The lowest BCUT2D eigenvalue weighted by Crippen LogP contribution is -2.49. The number of nitrogens with two attached hydrogens (primary N) is 1. The summed E-state index contributed by atoms with van der Waals surface area (Å²) in [5.41, 5.74) is 4.08. The summed E-state index contributed by atoms with van der Waals surface area (Å²) in [6, 6.07) is 5.41. The summed E-state index contributed by atoms with van der Waals surface area (Å²) in [5, 5.41) is 1.14. The van der Waals surface area contributed by atoms with Crippen molar-refractivity contribution in [3.63, 3.8) is 0 Å². The van der Waals surface area contributed by atoms with Crippen molar-refractivity contribution in [2.45, 2.75) is 36.3 Å². The Morgan fingerprint density at radius 3 is 2.85 bits per heavy atom. The fourth-order valence-corrected chi connectivity index (χ4v) is 6.17. The van der Waals surface area contributed by atoms with Gasteiger partial charge in [-0.3, -0.25) is 11.3 Å². The van der Waals surface area contributed by atoms with Crippen LogP contribution in [0.15, 0.2) is 22.7 Å². The van der Waals surface area contributed by atoms with Gasteiger partial charge in [-0.1, -0.05) is 13.0 Å². The highest BCUT2D eigenvalue weighted by molar-refractivity contribution is 9.10. The Morgan fingerprint density at radius 2 is 2.20 bits per heavy atom. The zero-order valence-corrected chi connectivity index (χ0v) is 14.7. The Hall–Kier alpha value is 0.250. The van der Waals surface area contributed by atoms with Gasteiger partial charge in [-0.2, -0.15) is 23.5 Å². The first-order valence-corrected chi connectivity index (χ1v) is 9.68. The molecule has 3 atom stereocenters. The molecule has 1 aliphatic rings. The highest BCUT2D eigenvalue weighted by Gasteiger charge is 2.31. The van der Waals surface area contributed by atoms with Crippen LogP contribution >= 0.6 is 39.5 Å². The Morgan fingerprint density at radius 1 is 1.45 bits per heavy atom. The van der Waals surface area contributed by atoms with E-state index in [1.165, 1.54) is 17.6 Å². The second-order valence-electron chi connectivity index (χ2n) is 4.88. The van der Waals surface area contributed by atoms with Gasteiger partial charge >= 0.3 is 0 Å². The summed E-state index contributed by atoms with van der Waals surface area (Å²) in [6.07, 6.45) is 1.98. The standard InChI is InChI=1S/C14H20BrFN2S2/c1-2-13-14(20-6-5-19-13)12(18-17)8-9-3-4-11(16)10(15)7-9/h3-4,7,12-14,18H,2,5-6,8,17H2,1H3. The van der Waals surface area contributed by atoms with Crippen LogP contribution in [0.3, 0.4) is 0 Å². The molecule has 0 aliphatic carbocycles. The minimum Gasteiger partial charge on any atom is -0.271 e. The van der Waals surface area contributed by atoms with Crippen molar-refractivity contribution in [1.82, 2.24) is 5.43 Å². The Labute approximate surface area is 136 Å². The number of halogens is 2. The van der Waals surface area contributed by atoms with Crippen LogP contribution in [0.2, 0.25) is 0 Å². The second-order valence-corrected chi connectivity index (χ2v) is 8.37. The first-order valence-electron chi connectivity index (χ1n) is 6.79. The van der Waals surface area contributed by atoms with E-state index in [1.807, 2.05) is 35.7 Å². The molecule has 1 saturated heterocycles. The lowest BCUT2D eigenvalue weighted by atomic mass is 10.0. The van der Waals surface area contributed by atoms with Crippen LogP contribution in [0.1, 0.15) is 18.9 Å². The van der Waals surface area contributed by atoms with Crippen LogP contribution in [0.25, 0.3) is 0 Å². The molecule has 3 N–H and O–H groups in total. The van der Waals surface area contributed by atoms with Gasteiger partial charge in [-0.15, -0.1) is 0 Å². The van der Waals surface area contributed by atoms with Crippen LogP contribution < -0.4 is 11.3 Å². The SMILES string of the molecule is CCC1SCCSC1C(Cc1ccc(F)c(Br)c1)NN. The van der Waals surface area contributed by atoms with Gasteiger partial charge in [0.25, 0.3) is 0 Å². The smallest absolute Gasteiger partial charge is 0.137 e. The topological polar surface area (TPSA) is 38.0 Å². The van der Waals surface area contributed by atoms with Gasteiger partial charge in [-0.25, -0.2) is 4.39 Å². The maximum Gasteiger partial charge on any atom is 0.137 e. The molecule has 112 valence electrons. The molecule has 1 aromatic rings. The first kappa shape index (κ1) is 16.6. The quantitative estimate of drug-likeness (QED) is 0.606. The molecule has 0 amide bonds. The molecular weight excluding hydrogens is 359 g/mol. The molecule has 1 heterocycles. The number of hydrogen-bond acceptors (Lipinski definition) is 4. The van der Waals surface area contributed by atoms with Crippen molar-refractivity contribution >= 4 is 39.5 Å². The molecule has 2 nitrogen and oxygen atoms in total. The first-order chi connectivity index (χ1) is 9.65. The monoisotopic (exact) mass is 378 g/mol. The van der Waals surface area contributed by atoms with Crippen molar-refractivity contribution in [1.29, 1.82) is 0 Å². The molecule has 1 aliphatic heterocycles. The van der Waals surface area contributed by atoms with Gasteiger partial charge in [-0.05, 0) is 46.5 Å². The number of thioether (sulfide) groups is 2. The summed E-state index contributed by atoms with van der Waals surface area (Å²) in [7, 11) is 0. The third kappa shape index (κ3) is 4.13. The summed E-state index contributed by atoms with van der Waals surface area (Å²) in [4.78, 5) is 0. The summed E-state index contributed by atoms with van der Waals surface area (Å²) in [6.45, 7) is 2.23. The van der Waals surface area contributed by atoms with E-state index in [0.29, 0.717) is 15.0 Å². The second kappa shape index (κ2) is 8.03. The van der Waals surface area contributed by atoms with Crippen LogP contribution in [-0.4, -0.2) is 28.0 Å². The van der Waals surface area contributed by atoms with E-state index < -0.39 is 0 Å². The molecule has 1 aromatic carbocycles.